The Morgan fingerprint density at radius 2 is 1.57 bits per heavy atom. The van der Waals surface area contributed by atoms with E-state index in [0.29, 0.717) is 17.9 Å². The molecule has 0 atom stereocenters. The molecule has 2 amide bonds. The molecule has 1 fully saturated rings. The highest BCUT2D eigenvalue weighted by atomic mass is 16.5. The lowest BCUT2D eigenvalue weighted by atomic mass is 10.1. The molecule has 7 heteroatoms. The number of hydrogen-bond donors (Lipinski definition) is 0. The highest BCUT2D eigenvalue weighted by molar-refractivity contribution is 6.01. The van der Waals surface area contributed by atoms with Crippen LogP contribution in [-0.4, -0.2) is 32.2 Å². The van der Waals surface area contributed by atoms with Crippen molar-refractivity contribution in [3.63, 3.8) is 0 Å². The van der Waals surface area contributed by atoms with E-state index < -0.39 is 5.97 Å². The Hall–Kier alpha value is -3.74. The average molecular weight is 403 g/mol. The van der Waals surface area contributed by atoms with Crippen molar-refractivity contribution in [1.29, 1.82) is 0 Å². The van der Waals surface area contributed by atoms with Crippen LogP contribution in [0.3, 0.4) is 0 Å². The van der Waals surface area contributed by atoms with Crippen LogP contribution in [0.5, 0.6) is 0 Å². The van der Waals surface area contributed by atoms with Crippen molar-refractivity contribution in [2.45, 2.75) is 32.5 Å². The van der Waals surface area contributed by atoms with Crippen LogP contribution in [0.2, 0.25) is 0 Å². The SMILES string of the molecule is O=C(OCc1nccn1Cc1ccccc1)c1ccc(CN2C(=O)CCC2=O)cc1. The van der Waals surface area contributed by atoms with Crippen molar-refractivity contribution in [3.05, 3.63) is 89.5 Å². The summed E-state index contributed by atoms with van der Waals surface area (Å²) in [5.41, 5.74) is 2.32. The second kappa shape index (κ2) is 8.73. The molecule has 7 nitrogen and oxygen atoms in total. The summed E-state index contributed by atoms with van der Waals surface area (Å²) in [6.07, 6.45) is 4.07. The Kier molecular flexibility index (Phi) is 5.70. The standard InChI is InChI=1S/C23H21N3O4/c27-21-10-11-22(28)26(21)15-18-6-8-19(9-7-18)23(29)30-16-20-24-12-13-25(20)14-17-4-2-1-3-5-17/h1-9,12-13H,10-11,14-16H2. The van der Waals surface area contributed by atoms with E-state index in [1.165, 1.54) is 4.90 Å². The molecule has 0 radical (unpaired) electrons. The van der Waals surface area contributed by atoms with Gasteiger partial charge in [-0.05, 0) is 23.3 Å². The van der Waals surface area contributed by atoms with E-state index in [1.54, 1.807) is 30.5 Å². The van der Waals surface area contributed by atoms with Crippen LogP contribution in [0.4, 0.5) is 0 Å². The van der Waals surface area contributed by atoms with Gasteiger partial charge in [0, 0.05) is 31.8 Å². The predicted octanol–water partition coefficient (Wildman–Crippen LogP) is 2.94. The molecule has 0 saturated carbocycles. The van der Waals surface area contributed by atoms with Gasteiger partial charge >= 0.3 is 5.97 Å². The van der Waals surface area contributed by atoms with Gasteiger partial charge in [0.25, 0.3) is 0 Å². The number of aromatic nitrogens is 2. The summed E-state index contributed by atoms with van der Waals surface area (Å²) in [6, 6.07) is 16.7. The lowest BCUT2D eigenvalue weighted by molar-refractivity contribution is -0.139. The molecule has 152 valence electrons. The maximum atomic E-state index is 12.4. The largest absolute Gasteiger partial charge is 0.454 e. The average Bonchev–Trinajstić information content (AvgIpc) is 3.34. The zero-order valence-electron chi connectivity index (χ0n) is 16.4. The molecule has 2 heterocycles. The zero-order chi connectivity index (χ0) is 20.9. The van der Waals surface area contributed by atoms with E-state index in [4.69, 9.17) is 4.74 Å². The lowest BCUT2D eigenvalue weighted by Crippen LogP contribution is -2.28. The zero-order valence-corrected chi connectivity index (χ0v) is 16.4. The molecule has 2 aromatic carbocycles. The molecule has 0 aliphatic carbocycles. The Balaban J connectivity index is 1.34. The molecular weight excluding hydrogens is 382 g/mol. The summed E-state index contributed by atoms with van der Waals surface area (Å²) in [5, 5.41) is 0. The minimum absolute atomic E-state index is 0.0667. The van der Waals surface area contributed by atoms with Crippen molar-refractivity contribution in [3.8, 4) is 0 Å². The Morgan fingerprint density at radius 3 is 2.27 bits per heavy atom. The first-order valence-corrected chi connectivity index (χ1v) is 9.73. The van der Waals surface area contributed by atoms with Crippen LogP contribution < -0.4 is 0 Å². The number of nitrogens with zero attached hydrogens (tertiary/aromatic N) is 3. The summed E-state index contributed by atoms with van der Waals surface area (Å²) in [4.78, 5) is 41.4. The fraction of sp³-hybridized carbons (Fsp3) is 0.217. The maximum absolute atomic E-state index is 12.4. The number of imidazole rings is 1. The van der Waals surface area contributed by atoms with Crippen LogP contribution in [0.15, 0.2) is 67.0 Å². The van der Waals surface area contributed by atoms with Crippen molar-refractivity contribution in [2.24, 2.45) is 0 Å². The molecule has 1 saturated heterocycles. The third-order valence-corrected chi connectivity index (χ3v) is 5.01. The van der Waals surface area contributed by atoms with Gasteiger partial charge in [0.1, 0.15) is 12.4 Å². The number of carbonyl (C=O) groups is 3. The first kappa shape index (κ1) is 19.6. The van der Waals surface area contributed by atoms with Gasteiger partial charge in [-0.25, -0.2) is 9.78 Å². The van der Waals surface area contributed by atoms with Crippen molar-refractivity contribution < 1.29 is 19.1 Å². The molecule has 0 bridgehead atoms. The third kappa shape index (κ3) is 4.46. The second-order valence-electron chi connectivity index (χ2n) is 7.10. The van der Waals surface area contributed by atoms with Gasteiger partial charge in [0.15, 0.2) is 0 Å². The van der Waals surface area contributed by atoms with Gasteiger partial charge in [-0.15, -0.1) is 0 Å². The summed E-state index contributed by atoms with van der Waals surface area (Å²) < 4.78 is 7.36. The summed E-state index contributed by atoms with van der Waals surface area (Å²) in [7, 11) is 0. The fourth-order valence-electron chi connectivity index (χ4n) is 3.35. The van der Waals surface area contributed by atoms with Crippen molar-refractivity contribution in [1.82, 2.24) is 14.5 Å². The number of rotatable bonds is 7. The smallest absolute Gasteiger partial charge is 0.338 e. The number of ether oxygens (including phenoxy) is 1. The number of benzene rings is 2. The third-order valence-electron chi connectivity index (χ3n) is 5.01. The molecule has 30 heavy (non-hydrogen) atoms. The normalized spacial score (nSPS) is 13.7. The van der Waals surface area contributed by atoms with Crippen molar-refractivity contribution in [2.75, 3.05) is 0 Å². The van der Waals surface area contributed by atoms with Crippen LogP contribution in [0.25, 0.3) is 0 Å². The van der Waals surface area contributed by atoms with Gasteiger partial charge in [0.05, 0.1) is 12.1 Å². The van der Waals surface area contributed by atoms with Gasteiger partial charge in [-0.2, -0.15) is 0 Å². The van der Waals surface area contributed by atoms with E-state index in [2.05, 4.69) is 4.98 Å². The van der Waals surface area contributed by atoms with E-state index in [0.717, 1.165) is 11.1 Å². The van der Waals surface area contributed by atoms with E-state index in [1.807, 2.05) is 41.1 Å². The Morgan fingerprint density at radius 1 is 0.900 bits per heavy atom. The summed E-state index contributed by atoms with van der Waals surface area (Å²) in [5.74, 6) is -0.108. The quantitative estimate of drug-likeness (QED) is 0.448. The predicted molar refractivity (Wildman–Crippen MR) is 108 cm³/mol. The minimum Gasteiger partial charge on any atom is -0.454 e. The number of carbonyl (C=O) groups excluding carboxylic acids is 3. The van der Waals surface area contributed by atoms with E-state index in [-0.39, 0.29) is 37.8 Å². The molecule has 3 aromatic rings. The van der Waals surface area contributed by atoms with E-state index >= 15 is 0 Å². The van der Waals surface area contributed by atoms with Crippen LogP contribution in [0, 0.1) is 0 Å². The Labute approximate surface area is 173 Å². The molecule has 1 aliphatic heterocycles. The fourth-order valence-corrected chi connectivity index (χ4v) is 3.35. The lowest BCUT2D eigenvalue weighted by Gasteiger charge is -2.14. The first-order chi connectivity index (χ1) is 14.6. The van der Waals surface area contributed by atoms with Crippen molar-refractivity contribution >= 4 is 17.8 Å². The van der Waals surface area contributed by atoms with Crippen LogP contribution in [0.1, 0.15) is 40.2 Å². The molecule has 1 aliphatic rings. The number of imide groups is 1. The minimum atomic E-state index is -0.455. The number of likely N-dealkylation sites (tertiary alicyclic amines) is 1. The number of hydrogen-bond acceptors (Lipinski definition) is 5. The molecular formula is C23H21N3O4. The summed E-state index contributed by atoms with van der Waals surface area (Å²) in [6.45, 7) is 0.942. The highest BCUT2D eigenvalue weighted by Gasteiger charge is 2.28. The molecule has 1 aromatic heterocycles. The van der Waals surface area contributed by atoms with Crippen LogP contribution in [-0.2, 0) is 34.0 Å². The Bertz CT molecular complexity index is 1040. The highest BCUT2D eigenvalue weighted by Crippen LogP contribution is 2.17. The number of esters is 1. The van der Waals surface area contributed by atoms with Crippen LogP contribution >= 0.6 is 0 Å². The van der Waals surface area contributed by atoms with E-state index in [9.17, 15) is 14.4 Å². The van der Waals surface area contributed by atoms with Gasteiger partial charge in [-0.1, -0.05) is 42.5 Å². The molecule has 4 rings (SSSR count). The topological polar surface area (TPSA) is 81.5 Å². The molecule has 0 N–H and O–H groups in total. The monoisotopic (exact) mass is 403 g/mol. The van der Waals surface area contributed by atoms with Gasteiger partial charge in [-0.3, -0.25) is 14.5 Å². The first-order valence-electron chi connectivity index (χ1n) is 9.73. The second-order valence-corrected chi connectivity index (χ2v) is 7.10. The molecule has 0 unspecified atom stereocenters. The van der Waals surface area contributed by atoms with Gasteiger partial charge in [0.2, 0.25) is 11.8 Å². The summed E-state index contributed by atoms with van der Waals surface area (Å²) >= 11 is 0. The maximum Gasteiger partial charge on any atom is 0.338 e. The van der Waals surface area contributed by atoms with Gasteiger partial charge < -0.3 is 9.30 Å². The molecule has 0 spiro atoms. The number of amides is 2.